The minimum Gasteiger partial charge on any atom is -0.469 e. The normalized spacial score (nSPS) is 16.0. The van der Waals surface area contributed by atoms with Gasteiger partial charge in [-0.1, -0.05) is 0 Å². The summed E-state index contributed by atoms with van der Waals surface area (Å²) in [4.78, 5) is 8.52. The molecule has 1 fully saturated rings. The van der Waals surface area contributed by atoms with Crippen molar-refractivity contribution in [2.24, 2.45) is 4.99 Å². The summed E-state index contributed by atoms with van der Waals surface area (Å²) in [5.74, 6) is 1.39. The second-order valence-corrected chi connectivity index (χ2v) is 7.31. The number of rotatable bonds is 6. The first kappa shape index (κ1) is 22.0. The highest BCUT2D eigenvalue weighted by Gasteiger charge is 2.31. The lowest BCUT2D eigenvalue weighted by Gasteiger charge is -2.35. The maximum atomic E-state index is 13.3. The number of piperazine rings is 1. The zero-order valence-corrected chi connectivity index (χ0v) is 17.3. The molecule has 0 atom stereocenters. The van der Waals surface area contributed by atoms with E-state index in [9.17, 15) is 13.2 Å². The van der Waals surface area contributed by atoms with Gasteiger partial charge in [0.1, 0.15) is 5.76 Å². The van der Waals surface area contributed by atoms with Gasteiger partial charge in [0.2, 0.25) is 0 Å². The summed E-state index contributed by atoms with van der Waals surface area (Å²) >= 11 is 0. The zero-order valence-electron chi connectivity index (χ0n) is 17.3. The van der Waals surface area contributed by atoms with Crippen LogP contribution < -0.4 is 15.5 Å². The third kappa shape index (κ3) is 5.91. The summed E-state index contributed by atoms with van der Waals surface area (Å²) in [5.41, 5.74) is 0.788. The van der Waals surface area contributed by atoms with Crippen LogP contribution in [-0.2, 0) is 19.1 Å². The molecule has 0 bridgehead atoms. The average Bonchev–Trinajstić information content (AvgIpc) is 3.24. The zero-order chi connectivity index (χ0) is 21.6. The highest BCUT2D eigenvalue weighted by atomic mass is 19.4. The van der Waals surface area contributed by atoms with Crippen molar-refractivity contribution in [3.05, 3.63) is 53.5 Å². The number of nitrogens with one attached hydrogen (secondary N) is 2. The van der Waals surface area contributed by atoms with Crippen LogP contribution in [0.3, 0.4) is 0 Å². The first-order valence-corrected chi connectivity index (χ1v) is 9.97. The van der Waals surface area contributed by atoms with Gasteiger partial charge in [-0.15, -0.1) is 0 Å². The molecule has 1 saturated heterocycles. The number of anilines is 1. The predicted molar refractivity (Wildman–Crippen MR) is 112 cm³/mol. The number of likely N-dealkylation sites (N-methyl/N-ethyl adjacent to an activating group) is 1. The standard InChI is InChI=1S/C21H28F3N5O/c1-25-20(26-8-7-18-4-3-13-30-18)27-15-16-14-17(21(22,23)24)5-6-19(16)29-11-9-28(2)10-12-29/h3-6,13-14H,7-12,15H2,1-2H3,(H2,25,26,27). The van der Waals surface area contributed by atoms with Crippen LogP contribution in [0.2, 0.25) is 0 Å². The Bertz CT molecular complexity index is 828. The van der Waals surface area contributed by atoms with Gasteiger partial charge in [0, 0.05) is 58.4 Å². The molecular formula is C21H28F3N5O. The summed E-state index contributed by atoms with van der Waals surface area (Å²) in [7, 11) is 3.68. The van der Waals surface area contributed by atoms with Crippen LogP contribution in [0.4, 0.5) is 18.9 Å². The molecule has 2 N–H and O–H groups in total. The Morgan fingerprint density at radius 3 is 2.53 bits per heavy atom. The van der Waals surface area contributed by atoms with E-state index >= 15 is 0 Å². The number of hydrogen-bond acceptors (Lipinski definition) is 4. The molecule has 0 radical (unpaired) electrons. The van der Waals surface area contributed by atoms with Crippen molar-refractivity contribution in [2.45, 2.75) is 19.1 Å². The van der Waals surface area contributed by atoms with Gasteiger partial charge in [-0.2, -0.15) is 13.2 Å². The second kappa shape index (κ2) is 9.88. The SMILES string of the molecule is CN=C(NCCc1ccco1)NCc1cc(C(F)(F)F)ccc1N1CCN(C)CC1. The smallest absolute Gasteiger partial charge is 0.416 e. The predicted octanol–water partition coefficient (Wildman–Crippen LogP) is 2.96. The van der Waals surface area contributed by atoms with E-state index in [1.165, 1.54) is 6.07 Å². The Kier molecular flexibility index (Phi) is 7.25. The number of hydrogen-bond donors (Lipinski definition) is 2. The number of furan rings is 1. The highest BCUT2D eigenvalue weighted by molar-refractivity contribution is 5.79. The maximum absolute atomic E-state index is 13.3. The van der Waals surface area contributed by atoms with Crippen LogP contribution in [0.15, 0.2) is 46.0 Å². The van der Waals surface area contributed by atoms with Crippen molar-refractivity contribution in [2.75, 3.05) is 51.7 Å². The minimum atomic E-state index is -4.38. The van der Waals surface area contributed by atoms with Gasteiger partial charge >= 0.3 is 6.18 Å². The Hall–Kier alpha value is -2.68. The Balaban J connectivity index is 1.68. The minimum absolute atomic E-state index is 0.242. The fourth-order valence-corrected chi connectivity index (χ4v) is 3.42. The Labute approximate surface area is 174 Å². The number of halogens is 3. The van der Waals surface area contributed by atoms with Crippen molar-refractivity contribution >= 4 is 11.6 Å². The van der Waals surface area contributed by atoms with E-state index in [0.717, 1.165) is 43.7 Å². The molecule has 1 aliphatic rings. The van der Waals surface area contributed by atoms with Gasteiger partial charge in [-0.3, -0.25) is 4.99 Å². The third-order valence-corrected chi connectivity index (χ3v) is 5.16. The van der Waals surface area contributed by atoms with Crippen molar-refractivity contribution in [3.63, 3.8) is 0 Å². The topological polar surface area (TPSA) is 56.0 Å². The molecule has 0 aliphatic carbocycles. The molecule has 2 aromatic rings. The molecule has 0 saturated carbocycles. The van der Waals surface area contributed by atoms with Crippen LogP contribution in [-0.4, -0.2) is 57.7 Å². The van der Waals surface area contributed by atoms with Crippen LogP contribution in [0.25, 0.3) is 0 Å². The maximum Gasteiger partial charge on any atom is 0.416 e. The Morgan fingerprint density at radius 1 is 1.13 bits per heavy atom. The fourth-order valence-electron chi connectivity index (χ4n) is 3.42. The summed E-state index contributed by atoms with van der Waals surface area (Å²) in [6, 6.07) is 7.70. The van der Waals surface area contributed by atoms with Crippen LogP contribution in [0.1, 0.15) is 16.9 Å². The van der Waals surface area contributed by atoms with Crippen LogP contribution >= 0.6 is 0 Å². The lowest BCUT2D eigenvalue weighted by Crippen LogP contribution is -2.45. The van der Waals surface area contributed by atoms with E-state index in [-0.39, 0.29) is 6.54 Å². The van der Waals surface area contributed by atoms with Gasteiger partial charge in [0.25, 0.3) is 0 Å². The summed E-state index contributed by atoms with van der Waals surface area (Å²) < 4.78 is 45.1. The van der Waals surface area contributed by atoms with Crippen molar-refractivity contribution in [3.8, 4) is 0 Å². The van der Waals surface area contributed by atoms with Crippen LogP contribution in [0, 0.1) is 0 Å². The molecule has 6 nitrogen and oxygen atoms in total. The molecule has 164 valence electrons. The molecule has 1 aromatic carbocycles. The highest BCUT2D eigenvalue weighted by Crippen LogP contribution is 2.33. The summed E-state index contributed by atoms with van der Waals surface area (Å²) in [6.45, 7) is 4.16. The number of benzene rings is 1. The molecule has 3 rings (SSSR count). The third-order valence-electron chi connectivity index (χ3n) is 5.16. The monoisotopic (exact) mass is 423 g/mol. The fraction of sp³-hybridized carbons (Fsp3) is 0.476. The van der Waals surface area contributed by atoms with Crippen molar-refractivity contribution in [1.82, 2.24) is 15.5 Å². The molecular weight excluding hydrogens is 395 g/mol. The first-order chi connectivity index (χ1) is 14.4. The number of guanidine groups is 1. The van der Waals surface area contributed by atoms with Gasteiger partial charge in [-0.05, 0) is 42.9 Å². The summed E-state index contributed by atoms with van der Waals surface area (Å²) in [6.07, 6.45) is -2.07. The molecule has 2 heterocycles. The van der Waals surface area contributed by atoms with Gasteiger partial charge in [0.15, 0.2) is 5.96 Å². The van der Waals surface area contributed by atoms with E-state index in [0.29, 0.717) is 24.5 Å². The number of aliphatic imine (C=N–C) groups is 1. The van der Waals surface area contributed by atoms with E-state index in [4.69, 9.17) is 4.42 Å². The lowest BCUT2D eigenvalue weighted by molar-refractivity contribution is -0.137. The number of alkyl halides is 3. The molecule has 0 spiro atoms. The van der Waals surface area contributed by atoms with Crippen molar-refractivity contribution < 1.29 is 17.6 Å². The van der Waals surface area contributed by atoms with E-state index in [1.54, 1.807) is 19.4 Å². The lowest BCUT2D eigenvalue weighted by atomic mass is 10.1. The van der Waals surface area contributed by atoms with Crippen molar-refractivity contribution in [1.29, 1.82) is 0 Å². The Morgan fingerprint density at radius 2 is 1.90 bits per heavy atom. The molecule has 1 aliphatic heterocycles. The largest absolute Gasteiger partial charge is 0.469 e. The molecule has 0 amide bonds. The first-order valence-electron chi connectivity index (χ1n) is 9.97. The second-order valence-electron chi connectivity index (χ2n) is 7.31. The molecule has 0 unspecified atom stereocenters. The molecule has 30 heavy (non-hydrogen) atoms. The quantitative estimate of drug-likeness (QED) is 0.553. The molecule has 1 aromatic heterocycles. The van der Waals surface area contributed by atoms with Gasteiger partial charge in [-0.25, -0.2) is 0 Å². The van der Waals surface area contributed by atoms with E-state index in [2.05, 4.69) is 25.4 Å². The van der Waals surface area contributed by atoms with Gasteiger partial charge in [0.05, 0.1) is 11.8 Å². The average molecular weight is 423 g/mol. The van der Waals surface area contributed by atoms with E-state index in [1.807, 2.05) is 19.2 Å². The summed E-state index contributed by atoms with van der Waals surface area (Å²) in [5, 5.41) is 6.30. The van der Waals surface area contributed by atoms with E-state index < -0.39 is 11.7 Å². The molecule has 9 heteroatoms. The van der Waals surface area contributed by atoms with Gasteiger partial charge < -0.3 is 24.9 Å². The van der Waals surface area contributed by atoms with Crippen LogP contribution in [0.5, 0.6) is 0 Å². The number of nitrogens with zero attached hydrogens (tertiary/aromatic N) is 3.